The second-order valence-electron chi connectivity index (χ2n) is 5.50. The molecule has 1 aliphatic heterocycles. The predicted molar refractivity (Wildman–Crippen MR) is 83.8 cm³/mol. The predicted octanol–water partition coefficient (Wildman–Crippen LogP) is 1.09. The molecule has 0 bridgehead atoms. The fourth-order valence-electron chi connectivity index (χ4n) is 2.55. The molecule has 4 heteroatoms. The average molecular weight is 270 g/mol. The second-order valence-corrected chi connectivity index (χ2v) is 5.50. The molecule has 4 nitrogen and oxygen atoms in total. The summed E-state index contributed by atoms with van der Waals surface area (Å²) >= 11 is 0. The Balaban J connectivity index is 1.71. The summed E-state index contributed by atoms with van der Waals surface area (Å²) in [6, 6.07) is 0.769. The van der Waals surface area contributed by atoms with Gasteiger partial charge in [0.1, 0.15) is 0 Å². The van der Waals surface area contributed by atoms with Gasteiger partial charge in [-0.05, 0) is 77.9 Å². The Hall–Kier alpha value is -0.160. The van der Waals surface area contributed by atoms with Crippen molar-refractivity contribution in [3.8, 4) is 0 Å². The molecule has 0 aliphatic carbocycles. The lowest BCUT2D eigenvalue weighted by Gasteiger charge is -2.23. The summed E-state index contributed by atoms with van der Waals surface area (Å²) in [6.07, 6.45) is 7.90. The minimum Gasteiger partial charge on any atom is -0.317 e. The van der Waals surface area contributed by atoms with Gasteiger partial charge in [-0.25, -0.2) is 0 Å². The number of piperidine rings is 1. The minimum absolute atomic E-state index is 0.769. The number of hydrogen-bond donors (Lipinski definition) is 4. The summed E-state index contributed by atoms with van der Waals surface area (Å²) in [6.45, 7) is 10.2. The van der Waals surface area contributed by atoms with Crippen LogP contribution >= 0.6 is 0 Å². The van der Waals surface area contributed by atoms with Gasteiger partial charge in [0.2, 0.25) is 0 Å². The van der Waals surface area contributed by atoms with Crippen LogP contribution in [-0.4, -0.2) is 51.9 Å². The standard InChI is InChI=1S/C15H34N4/c1-2-16-9-5-10-17-11-6-12-18-14-8-15-7-3-4-13-19-15/h15-19H,2-14H2,1H3. The number of rotatable bonds is 12. The Morgan fingerprint density at radius 1 is 0.895 bits per heavy atom. The first-order chi connectivity index (χ1) is 9.43. The van der Waals surface area contributed by atoms with Crippen LogP contribution in [-0.2, 0) is 0 Å². The van der Waals surface area contributed by atoms with Crippen LogP contribution in [0.3, 0.4) is 0 Å². The van der Waals surface area contributed by atoms with E-state index in [1.165, 1.54) is 45.1 Å². The largest absolute Gasteiger partial charge is 0.317 e. The Morgan fingerprint density at radius 2 is 1.58 bits per heavy atom. The zero-order valence-corrected chi connectivity index (χ0v) is 12.8. The maximum atomic E-state index is 3.60. The zero-order chi connectivity index (χ0) is 13.6. The number of nitrogens with one attached hydrogen (secondary N) is 4. The molecule has 114 valence electrons. The Labute approximate surface area is 119 Å². The SMILES string of the molecule is CCNCCCNCCCNCCC1CCCCN1. The quantitative estimate of drug-likeness (QED) is 0.401. The second kappa shape index (κ2) is 12.9. The third-order valence-corrected chi connectivity index (χ3v) is 3.75. The van der Waals surface area contributed by atoms with Crippen molar-refractivity contribution in [2.75, 3.05) is 45.8 Å². The molecule has 0 radical (unpaired) electrons. The van der Waals surface area contributed by atoms with Crippen LogP contribution in [0.4, 0.5) is 0 Å². The van der Waals surface area contributed by atoms with E-state index >= 15 is 0 Å². The third kappa shape index (κ3) is 10.3. The van der Waals surface area contributed by atoms with Crippen molar-refractivity contribution >= 4 is 0 Å². The molecule has 1 saturated heterocycles. The molecule has 4 N–H and O–H groups in total. The fourth-order valence-corrected chi connectivity index (χ4v) is 2.55. The molecule has 1 aliphatic rings. The molecule has 0 spiro atoms. The van der Waals surface area contributed by atoms with Crippen molar-refractivity contribution in [3.63, 3.8) is 0 Å². The van der Waals surface area contributed by atoms with Gasteiger partial charge in [0.05, 0.1) is 0 Å². The van der Waals surface area contributed by atoms with Gasteiger partial charge in [-0.2, -0.15) is 0 Å². The van der Waals surface area contributed by atoms with Crippen molar-refractivity contribution in [2.24, 2.45) is 0 Å². The van der Waals surface area contributed by atoms with Crippen LogP contribution in [0, 0.1) is 0 Å². The fraction of sp³-hybridized carbons (Fsp3) is 1.00. The summed E-state index contributed by atoms with van der Waals surface area (Å²) in [5.41, 5.74) is 0. The van der Waals surface area contributed by atoms with Gasteiger partial charge in [0.25, 0.3) is 0 Å². The zero-order valence-electron chi connectivity index (χ0n) is 12.8. The highest BCUT2D eigenvalue weighted by Gasteiger charge is 2.10. The van der Waals surface area contributed by atoms with E-state index in [0.717, 1.165) is 45.3 Å². The van der Waals surface area contributed by atoms with Crippen molar-refractivity contribution in [1.29, 1.82) is 0 Å². The van der Waals surface area contributed by atoms with Gasteiger partial charge >= 0.3 is 0 Å². The van der Waals surface area contributed by atoms with Crippen molar-refractivity contribution in [1.82, 2.24) is 21.3 Å². The van der Waals surface area contributed by atoms with E-state index in [2.05, 4.69) is 28.2 Å². The van der Waals surface area contributed by atoms with Gasteiger partial charge in [0, 0.05) is 6.04 Å². The summed E-state index contributed by atoms with van der Waals surface area (Å²) in [5, 5.41) is 14.0. The van der Waals surface area contributed by atoms with Crippen molar-refractivity contribution < 1.29 is 0 Å². The first-order valence-electron chi connectivity index (χ1n) is 8.29. The Kier molecular flexibility index (Phi) is 11.4. The van der Waals surface area contributed by atoms with Crippen LogP contribution in [0.1, 0.15) is 45.4 Å². The van der Waals surface area contributed by atoms with Gasteiger partial charge in [-0.3, -0.25) is 0 Å². The normalized spacial score (nSPS) is 19.7. The topological polar surface area (TPSA) is 48.1 Å². The van der Waals surface area contributed by atoms with Gasteiger partial charge < -0.3 is 21.3 Å². The minimum atomic E-state index is 0.769. The first-order valence-corrected chi connectivity index (χ1v) is 8.29. The van der Waals surface area contributed by atoms with E-state index in [1.54, 1.807) is 0 Å². The summed E-state index contributed by atoms with van der Waals surface area (Å²) < 4.78 is 0. The molecule has 0 amide bonds. The Bertz CT molecular complexity index is 181. The van der Waals surface area contributed by atoms with Crippen LogP contribution < -0.4 is 21.3 Å². The molecular formula is C15H34N4. The van der Waals surface area contributed by atoms with Gasteiger partial charge in [0.15, 0.2) is 0 Å². The van der Waals surface area contributed by atoms with E-state index in [0.29, 0.717) is 0 Å². The monoisotopic (exact) mass is 270 g/mol. The molecule has 1 atom stereocenters. The van der Waals surface area contributed by atoms with Crippen molar-refractivity contribution in [3.05, 3.63) is 0 Å². The van der Waals surface area contributed by atoms with Crippen LogP contribution in [0.5, 0.6) is 0 Å². The molecule has 1 heterocycles. The molecule has 0 aromatic rings. The van der Waals surface area contributed by atoms with Gasteiger partial charge in [-0.1, -0.05) is 13.3 Å². The molecule has 0 aromatic heterocycles. The molecule has 1 unspecified atom stereocenters. The highest BCUT2D eigenvalue weighted by Crippen LogP contribution is 2.08. The molecule has 1 fully saturated rings. The van der Waals surface area contributed by atoms with E-state index in [4.69, 9.17) is 0 Å². The van der Waals surface area contributed by atoms with E-state index < -0.39 is 0 Å². The van der Waals surface area contributed by atoms with Gasteiger partial charge in [-0.15, -0.1) is 0 Å². The summed E-state index contributed by atoms with van der Waals surface area (Å²) in [4.78, 5) is 0. The number of hydrogen-bond acceptors (Lipinski definition) is 4. The van der Waals surface area contributed by atoms with Crippen LogP contribution in [0.25, 0.3) is 0 Å². The molecular weight excluding hydrogens is 236 g/mol. The van der Waals surface area contributed by atoms with Crippen LogP contribution in [0.15, 0.2) is 0 Å². The van der Waals surface area contributed by atoms with E-state index in [1.807, 2.05) is 0 Å². The average Bonchev–Trinajstić information content (AvgIpc) is 2.46. The lowest BCUT2D eigenvalue weighted by atomic mass is 10.0. The third-order valence-electron chi connectivity index (χ3n) is 3.75. The molecule has 0 saturated carbocycles. The highest BCUT2D eigenvalue weighted by atomic mass is 14.9. The molecule has 19 heavy (non-hydrogen) atoms. The summed E-state index contributed by atoms with van der Waals surface area (Å²) in [5.74, 6) is 0. The lowest BCUT2D eigenvalue weighted by molar-refractivity contribution is 0.376. The maximum Gasteiger partial charge on any atom is 0.00791 e. The van der Waals surface area contributed by atoms with E-state index in [-0.39, 0.29) is 0 Å². The molecule has 1 rings (SSSR count). The highest BCUT2D eigenvalue weighted by molar-refractivity contribution is 4.72. The van der Waals surface area contributed by atoms with E-state index in [9.17, 15) is 0 Å². The molecule has 0 aromatic carbocycles. The Morgan fingerprint density at radius 3 is 2.21 bits per heavy atom. The lowest BCUT2D eigenvalue weighted by Crippen LogP contribution is -2.36. The maximum absolute atomic E-state index is 3.60. The van der Waals surface area contributed by atoms with Crippen molar-refractivity contribution in [2.45, 2.75) is 51.5 Å². The van der Waals surface area contributed by atoms with Crippen LogP contribution in [0.2, 0.25) is 0 Å². The summed E-state index contributed by atoms with van der Waals surface area (Å²) in [7, 11) is 0. The smallest absolute Gasteiger partial charge is 0.00791 e. The first kappa shape index (κ1) is 16.9.